The van der Waals surface area contributed by atoms with E-state index in [9.17, 15) is 4.79 Å². The van der Waals surface area contributed by atoms with Gasteiger partial charge in [0.15, 0.2) is 5.82 Å². The molecule has 1 aliphatic rings. The maximum absolute atomic E-state index is 12.4. The number of thiophene rings is 1. The van der Waals surface area contributed by atoms with Crippen molar-refractivity contribution >= 4 is 23.1 Å². The minimum absolute atomic E-state index is 0.00634. The first-order chi connectivity index (χ1) is 12.2. The fourth-order valence-corrected chi connectivity index (χ4v) is 3.78. The van der Waals surface area contributed by atoms with Gasteiger partial charge in [-0.05, 0) is 36.9 Å². The van der Waals surface area contributed by atoms with Gasteiger partial charge in [0.05, 0.1) is 10.6 Å². The Kier molecular flexibility index (Phi) is 4.28. The molecule has 0 bridgehead atoms. The quantitative estimate of drug-likeness (QED) is 0.756. The average molecular weight is 352 g/mol. The third-order valence-corrected chi connectivity index (χ3v) is 5.42. The number of benzene rings is 1. The Morgan fingerprint density at radius 2 is 2.16 bits per heavy atom. The highest BCUT2D eigenvalue weighted by Gasteiger charge is 2.26. The lowest BCUT2D eigenvalue weighted by atomic mass is 10.1. The Labute approximate surface area is 150 Å². The van der Waals surface area contributed by atoms with Crippen molar-refractivity contribution in [3.8, 4) is 10.6 Å². The monoisotopic (exact) mass is 352 g/mol. The zero-order valence-corrected chi connectivity index (χ0v) is 14.8. The number of hydrogen-bond donors (Lipinski definition) is 2. The van der Waals surface area contributed by atoms with Gasteiger partial charge in [-0.2, -0.15) is 5.10 Å². The van der Waals surface area contributed by atoms with Crippen LogP contribution in [-0.4, -0.2) is 35.2 Å². The van der Waals surface area contributed by atoms with Crippen LogP contribution in [-0.2, 0) is 0 Å². The Morgan fingerprint density at radius 1 is 1.32 bits per heavy atom. The van der Waals surface area contributed by atoms with Crippen LogP contribution >= 0.6 is 11.3 Å². The molecule has 5 nitrogen and oxygen atoms in total. The zero-order chi connectivity index (χ0) is 17.2. The summed E-state index contributed by atoms with van der Waals surface area (Å²) < 4.78 is 0. The van der Waals surface area contributed by atoms with Crippen molar-refractivity contribution in [1.29, 1.82) is 0 Å². The molecule has 0 spiro atoms. The Morgan fingerprint density at radius 3 is 2.92 bits per heavy atom. The van der Waals surface area contributed by atoms with Crippen LogP contribution in [0.15, 0.2) is 47.8 Å². The minimum Gasteiger partial charge on any atom is -0.353 e. The largest absolute Gasteiger partial charge is 0.353 e. The van der Waals surface area contributed by atoms with Gasteiger partial charge >= 0.3 is 0 Å². The summed E-state index contributed by atoms with van der Waals surface area (Å²) in [6.07, 6.45) is 0.929. The second-order valence-corrected chi connectivity index (χ2v) is 7.34. The van der Waals surface area contributed by atoms with Gasteiger partial charge in [-0.15, -0.1) is 11.3 Å². The lowest BCUT2D eigenvalue weighted by molar-refractivity contribution is 0.0940. The van der Waals surface area contributed by atoms with E-state index < -0.39 is 0 Å². The van der Waals surface area contributed by atoms with Crippen LogP contribution in [0.5, 0.6) is 0 Å². The van der Waals surface area contributed by atoms with Crippen LogP contribution in [0.4, 0.5) is 5.82 Å². The number of rotatable bonds is 4. The summed E-state index contributed by atoms with van der Waals surface area (Å²) in [4.78, 5) is 15.8. The molecular formula is C19H20N4OS. The van der Waals surface area contributed by atoms with E-state index >= 15 is 0 Å². The van der Waals surface area contributed by atoms with Crippen molar-refractivity contribution in [2.45, 2.75) is 19.4 Å². The van der Waals surface area contributed by atoms with E-state index in [1.807, 2.05) is 37.3 Å². The van der Waals surface area contributed by atoms with Gasteiger partial charge in [-0.3, -0.25) is 9.89 Å². The number of hydrogen-bond acceptors (Lipinski definition) is 4. The molecule has 1 atom stereocenters. The second-order valence-electron chi connectivity index (χ2n) is 6.39. The van der Waals surface area contributed by atoms with Crippen molar-refractivity contribution in [2.75, 3.05) is 18.0 Å². The molecule has 3 heterocycles. The number of nitrogens with one attached hydrogen (secondary N) is 2. The molecule has 6 heteroatoms. The predicted octanol–water partition coefficient (Wildman–Crippen LogP) is 3.46. The molecule has 0 radical (unpaired) electrons. The Bertz CT molecular complexity index is 854. The van der Waals surface area contributed by atoms with E-state index in [1.54, 1.807) is 11.3 Å². The first kappa shape index (κ1) is 15.9. The van der Waals surface area contributed by atoms with Gasteiger partial charge in [0.25, 0.3) is 5.91 Å². The van der Waals surface area contributed by atoms with E-state index in [0.29, 0.717) is 5.56 Å². The van der Waals surface area contributed by atoms with Crippen LogP contribution in [0.3, 0.4) is 0 Å². The highest BCUT2D eigenvalue weighted by Crippen LogP contribution is 2.27. The molecule has 1 amide bonds. The van der Waals surface area contributed by atoms with Crippen molar-refractivity contribution in [3.05, 3.63) is 59.0 Å². The van der Waals surface area contributed by atoms with Gasteiger partial charge in [-0.25, -0.2) is 0 Å². The number of aromatic amines is 1. The first-order valence-corrected chi connectivity index (χ1v) is 9.29. The van der Waals surface area contributed by atoms with Gasteiger partial charge in [0.1, 0.15) is 0 Å². The molecule has 0 saturated carbocycles. The third kappa shape index (κ3) is 3.44. The number of anilines is 1. The highest BCUT2D eigenvalue weighted by molar-refractivity contribution is 7.13. The van der Waals surface area contributed by atoms with Crippen molar-refractivity contribution in [2.24, 2.45) is 0 Å². The first-order valence-electron chi connectivity index (χ1n) is 8.41. The van der Waals surface area contributed by atoms with Crippen molar-refractivity contribution in [3.63, 3.8) is 0 Å². The average Bonchev–Trinajstić information content (AvgIpc) is 3.36. The fraction of sp³-hybridized carbons (Fsp3) is 0.263. The van der Waals surface area contributed by atoms with E-state index in [2.05, 4.69) is 37.9 Å². The minimum atomic E-state index is -0.00634. The van der Waals surface area contributed by atoms with Crippen LogP contribution in [0.1, 0.15) is 22.3 Å². The zero-order valence-electron chi connectivity index (χ0n) is 14.0. The van der Waals surface area contributed by atoms with Crippen LogP contribution in [0.25, 0.3) is 10.6 Å². The van der Waals surface area contributed by atoms with Crippen LogP contribution < -0.4 is 10.2 Å². The number of carbonyl (C=O) groups is 1. The number of H-pyrrole nitrogens is 1. The Balaban J connectivity index is 1.38. The van der Waals surface area contributed by atoms with E-state index in [1.165, 1.54) is 4.88 Å². The molecular weight excluding hydrogens is 332 g/mol. The molecule has 25 heavy (non-hydrogen) atoms. The molecule has 2 N–H and O–H groups in total. The molecule has 2 aromatic heterocycles. The van der Waals surface area contributed by atoms with Crippen LogP contribution in [0.2, 0.25) is 0 Å². The second kappa shape index (κ2) is 6.72. The SMILES string of the molecule is Cc1ccc(C(=O)N[C@@H]2CCN(c3cc(-c4cccs4)[nH]n3)C2)cc1. The molecule has 1 saturated heterocycles. The summed E-state index contributed by atoms with van der Waals surface area (Å²) in [6.45, 7) is 3.70. The lowest BCUT2D eigenvalue weighted by Gasteiger charge is -2.16. The number of aromatic nitrogens is 2. The van der Waals surface area contributed by atoms with Crippen molar-refractivity contribution in [1.82, 2.24) is 15.5 Å². The standard InChI is InChI=1S/C19H20N4OS/c1-13-4-6-14(7-5-13)19(24)20-15-8-9-23(12-15)18-11-16(21-22-18)17-3-2-10-25-17/h2-7,10-11,15H,8-9,12H2,1H3,(H,20,24)(H,21,22)/t15-/m1/s1. The maximum atomic E-state index is 12.4. The molecule has 1 aliphatic heterocycles. The topological polar surface area (TPSA) is 61.0 Å². The number of nitrogens with zero attached hydrogens (tertiary/aromatic N) is 2. The summed E-state index contributed by atoms with van der Waals surface area (Å²) in [5, 5.41) is 12.7. The van der Waals surface area contributed by atoms with E-state index in [4.69, 9.17) is 0 Å². The summed E-state index contributed by atoms with van der Waals surface area (Å²) in [6, 6.07) is 14.0. The van der Waals surface area contributed by atoms with E-state index in [0.717, 1.165) is 36.6 Å². The predicted molar refractivity (Wildman–Crippen MR) is 101 cm³/mol. The summed E-state index contributed by atoms with van der Waals surface area (Å²) >= 11 is 1.69. The van der Waals surface area contributed by atoms with Gasteiger partial charge in [-0.1, -0.05) is 23.8 Å². The maximum Gasteiger partial charge on any atom is 0.251 e. The summed E-state index contributed by atoms with van der Waals surface area (Å²) in [5.74, 6) is 0.934. The Hall–Kier alpha value is -2.60. The van der Waals surface area contributed by atoms with Crippen LogP contribution in [0, 0.1) is 6.92 Å². The normalized spacial score (nSPS) is 17.0. The molecule has 1 fully saturated rings. The number of amides is 1. The third-order valence-electron chi connectivity index (χ3n) is 4.51. The fourth-order valence-electron chi connectivity index (χ4n) is 3.09. The van der Waals surface area contributed by atoms with Gasteiger partial charge in [0, 0.05) is 30.8 Å². The highest BCUT2D eigenvalue weighted by atomic mass is 32.1. The molecule has 3 aromatic rings. The lowest BCUT2D eigenvalue weighted by Crippen LogP contribution is -2.37. The van der Waals surface area contributed by atoms with Crippen molar-refractivity contribution < 1.29 is 4.79 Å². The molecule has 4 rings (SSSR count). The smallest absolute Gasteiger partial charge is 0.251 e. The number of aryl methyl sites for hydroxylation is 1. The molecule has 0 aliphatic carbocycles. The van der Waals surface area contributed by atoms with E-state index in [-0.39, 0.29) is 11.9 Å². The molecule has 128 valence electrons. The summed E-state index contributed by atoms with van der Waals surface area (Å²) in [5.41, 5.74) is 2.91. The number of carbonyl (C=O) groups excluding carboxylic acids is 1. The molecule has 0 unspecified atom stereocenters. The molecule has 1 aromatic carbocycles. The van der Waals surface area contributed by atoms with Gasteiger partial charge in [0.2, 0.25) is 0 Å². The van der Waals surface area contributed by atoms with Gasteiger partial charge < -0.3 is 10.2 Å². The summed E-state index contributed by atoms with van der Waals surface area (Å²) in [7, 11) is 0.